The van der Waals surface area contributed by atoms with Crippen LogP contribution in [0.3, 0.4) is 0 Å². The standard InChI is InChI=1S/C10H10N6O4/c11-14-6-1-2-8(16(18)19)7(3-6)10(17)12-4-9-13-5-20-15-9/h1-3,5,14H,4,11H2,(H,12,17). The van der Waals surface area contributed by atoms with Crippen LogP contribution in [0, 0.1) is 10.1 Å². The fourth-order valence-electron chi connectivity index (χ4n) is 1.49. The Bertz CT molecular complexity index is 627. The highest BCUT2D eigenvalue weighted by atomic mass is 16.6. The SMILES string of the molecule is NNc1ccc([N+](=O)[O-])c(C(=O)NCc2ncon2)c1. The topological polar surface area (TPSA) is 149 Å². The summed E-state index contributed by atoms with van der Waals surface area (Å²) < 4.78 is 4.50. The van der Waals surface area contributed by atoms with Crippen molar-refractivity contribution in [3.8, 4) is 0 Å². The van der Waals surface area contributed by atoms with Gasteiger partial charge in [0.15, 0.2) is 5.82 Å². The van der Waals surface area contributed by atoms with Gasteiger partial charge in [0, 0.05) is 11.8 Å². The Labute approximate surface area is 112 Å². The lowest BCUT2D eigenvalue weighted by molar-refractivity contribution is -0.385. The van der Waals surface area contributed by atoms with Crippen LogP contribution < -0.4 is 16.6 Å². The van der Waals surface area contributed by atoms with Crippen molar-refractivity contribution in [1.29, 1.82) is 0 Å². The molecule has 0 fully saturated rings. The lowest BCUT2D eigenvalue weighted by Gasteiger charge is -2.06. The van der Waals surface area contributed by atoms with Gasteiger partial charge < -0.3 is 15.3 Å². The summed E-state index contributed by atoms with van der Waals surface area (Å²) in [5.41, 5.74) is 2.25. The first-order valence-corrected chi connectivity index (χ1v) is 5.40. The Balaban J connectivity index is 2.20. The minimum atomic E-state index is -0.649. The Morgan fingerprint density at radius 1 is 1.50 bits per heavy atom. The van der Waals surface area contributed by atoms with E-state index in [1.807, 2.05) is 0 Å². The van der Waals surface area contributed by atoms with Crippen molar-refractivity contribution in [3.05, 3.63) is 46.1 Å². The van der Waals surface area contributed by atoms with Crippen LogP contribution in [-0.2, 0) is 6.54 Å². The zero-order valence-corrected chi connectivity index (χ0v) is 10.1. The first kappa shape index (κ1) is 13.4. The second kappa shape index (κ2) is 5.75. The number of amides is 1. The van der Waals surface area contributed by atoms with Crippen LogP contribution >= 0.6 is 0 Å². The largest absolute Gasteiger partial charge is 0.344 e. The number of carbonyl (C=O) groups excluding carboxylic acids is 1. The van der Waals surface area contributed by atoms with E-state index >= 15 is 0 Å². The summed E-state index contributed by atoms with van der Waals surface area (Å²) in [6, 6.07) is 3.87. The number of nitrogens with one attached hydrogen (secondary N) is 2. The third-order valence-electron chi connectivity index (χ3n) is 2.42. The molecule has 0 atom stereocenters. The maximum Gasteiger partial charge on any atom is 0.282 e. The van der Waals surface area contributed by atoms with E-state index in [9.17, 15) is 14.9 Å². The van der Waals surface area contributed by atoms with Gasteiger partial charge >= 0.3 is 0 Å². The Morgan fingerprint density at radius 2 is 2.30 bits per heavy atom. The van der Waals surface area contributed by atoms with Crippen LogP contribution in [0.15, 0.2) is 29.1 Å². The molecule has 1 aromatic heterocycles. The number of nitrogens with zero attached hydrogens (tertiary/aromatic N) is 3. The molecule has 0 aliphatic rings. The fourth-order valence-corrected chi connectivity index (χ4v) is 1.49. The molecule has 0 bridgehead atoms. The second-order valence-corrected chi connectivity index (χ2v) is 3.66. The molecule has 2 rings (SSSR count). The van der Waals surface area contributed by atoms with Gasteiger partial charge in [-0.15, -0.1) is 0 Å². The number of nitro benzene ring substituents is 1. The normalized spacial score (nSPS) is 10.1. The summed E-state index contributed by atoms with van der Waals surface area (Å²) in [4.78, 5) is 25.9. The molecular weight excluding hydrogens is 268 g/mol. The minimum Gasteiger partial charge on any atom is -0.344 e. The average Bonchev–Trinajstić information content (AvgIpc) is 2.97. The molecule has 0 saturated heterocycles. The number of hydrogen-bond acceptors (Lipinski definition) is 8. The number of aromatic nitrogens is 2. The zero-order valence-electron chi connectivity index (χ0n) is 10.1. The van der Waals surface area contributed by atoms with Crippen molar-refractivity contribution in [2.75, 3.05) is 5.43 Å². The maximum absolute atomic E-state index is 12.0. The number of rotatable bonds is 5. The van der Waals surface area contributed by atoms with E-state index in [0.717, 1.165) is 6.39 Å². The molecule has 0 saturated carbocycles. The Morgan fingerprint density at radius 3 is 2.90 bits per heavy atom. The molecule has 10 nitrogen and oxygen atoms in total. The van der Waals surface area contributed by atoms with Crippen LogP contribution in [0.25, 0.3) is 0 Å². The number of nitrogen functional groups attached to an aromatic ring is 1. The van der Waals surface area contributed by atoms with Crippen molar-refractivity contribution in [2.24, 2.45) is 5.84 Å². The van der Waals surface area contributed by atoms with Crippen LogP contribution in [-0.4, -0.2) is 21.0 Å². The monoisotopic (exact) mass is 278 g/mol. The van der Waals surface area contributed by atoms with Crippen molar-refractivity contribution in [3.63, 3.8) is 0 Å². The van der Waals surface area contributed by atoms with E-state index in [1.54, 1.807) is 0 Å². The smallest absolute Gasteiger partial charge is 0.282 e. The maximum atomic E-state index is 12.0. The molecule has 4 N–H and O–H groups in total. The summed E-state index contributed by atoms with van der Waals surface area (Å²) in [7, 11) is 0. The van der Waals surface area contributed by atoms with Gasteiger partial charge in [-0.1, -0.05) is 5.16 Å². The number of carbonyl (C=O) groups is 1. The van der Waals surface area contributed by atoms with E-state index in [2.05, 4.69) is 25.4 Å². The molecule has 0 radical (unpaired) electrons. The Kier molecular flexibility index (Phi) is 3.86. The average molecular weight is 278 g/mol. The molecule has 0 aliphatic carbocycles. The van der Waals surface area contributed by atoms with Gasteiger partial charge in [-0.2, -0.15) is 4.98 Å². The van der Waals surface area contributed by atoms with Gasteiger partial charge in [-0.3, -0.25) is 20.8 Å². The van der Waals surface area contributed by atoms with Gasteiger partial charge in [-0.25, -0.2) is 0 Å². The Hall–Kier alpha value is -3.01. The molecule has 1 amide bonds. The highest BCUT2D eigenvalue weighted by Gasteiger charge is 2.20. The quantitative estimate of drug-likeness (QED) is 0.398. The number of anilines is 1. The molecule has 0 spiro atoms. The molecular formula is C10H10N6O4. The van der Waals surface area contributed by atoms with Gasteiger partial charge in [0.1, 0.15) is 5.56 Å². The number of nitrogens with two attached hydrogens (primary N) is 1. The summed E-state index contributed by atoms with van der Waals surface area (Å²) in [5, 5.41) is 16.9. The highest BCUT2D eigenvalue weighted by molar-refractivity contribution is 5.99. The summed E-state index contributed by atoms with van der Waals surface area (Å²) >= 11 is 0. The minimum absolute atomic E-state index is 0.00717. The number of hydrazine groups is 1. The summed E-state index contributed by atoms with van der Waals surface area (Å²) in [5.74, 6) is 4.83. The van der Waals surface area contributed by atoms with Crippen LogP contribution in [0.1, 0.15) is 16.2 Å². The molecule has 20 heavy (non-hydrogen) atoms. The van der Waals surface area contributed by atoms with E-state index < -0.39 is 10.8 Å². The highest BCUT2D eigenvalue weighted by Crippen LogP contribution is 2.22. The van der Waals surface area contributed by atoms with E-state index in [-0.39, 0.29) is 23.6 Å². The van der Waals surface area contributed by atoms with Gasteiger partial charge in [0.25, 0.3) is 11.6 Å². The molecule has 0 unspecified atom stereocenters. The lowest BCUT2D eigenvalue weighted by Crippen LogP contribution is -2.24. The predicted molar refractivity (Wildman–Crippen MR) is 66.4 cm³/mol. The summed E-state index contributed by atoms with van der Waals surface area (Å²) in [6.07, 6.45) is 1.11. The van der Waals surface area contributed by atoms with Crippen molar-refractivity contribution in [2.45, 2.75) is 6.54 Å². The predicted octanol–water partition coefficient (Wildman–Crippen LogP) is 0.193. The van der Waals surface area contributed by atoms with Crippen LogP contribution in [0.4, 0.5) is 11.4 Å². The van der Waals surface area contributed by atoms with Crippen molar-refractivity contribution >= 4 is 17.3 Å². The lowest BCUT2D eigenvalue weighted by atomic mass is 10.1. The zero-order chi connectivity index (χ0) is 14.5. The van der Waals surface area contributed by atoms with Crippen LogP contribution in [0.5, 0.6) is 0 Å². The third-order valence-corrected chi connectivity index (χ3v) is 2.42. The molecule has 2 aromatic rings. The first-order chi connectivity index (χ1) is 9.61. The number of benzene rings is 1. The van der Waals surface area contributed by atoms with E-state index in [1.165, 1.54) is 18.2 Å². The van der Waals surface area contributed by atoms with Crippen molar-refractivity contribution < 1.29 is 14.2 Å². The molecule has 1 heterocycles. The van der Waals surface area contributed by atoms with Crippen LogP contribution in [0.2, 0.25) is 0 Å². The number of hydrogen-bond donors (Lipinski definition) is 3. The molecule has 1 aromatic carbocycles. The number of nitro groups is 1. The summed E-state index contributed by atoms with van der Waals surface area (Å²) in [6.45, 7) is -0.00717. The molecule has 10 heteroatoms. The van der Waals surface area contributed by atoms with E-state index in [4.69, 9.17) is 5.84 Å². The van der Waals surface area contributed by atoms with Gasteiger partial charge in [0.2, 0.25) is 6.39 Å². The van der Waals surface area contributed by atoms with E-state index in [0.29, 0.717) is 5.69 Å². The van der Waals surface area contributed by atoms with Gasteiger partial charge in [0.05, 0.1) is 11.5 Å². The molecule has 0 aliphatic heterocycles. The fraction of sp³-hybridized carbons (Fsp3) is 0.100. The second-order valence-electron chi connectivity index (χ2n) is 3.66. The van der Waals surface area contributed by atoms with Crippen molar-refractivity contribution in [1.82, 2.24) is 15.5 Å². The molecule has 104 valence electrons. The van der Waals surface area contributed by atoms with Gasteiger partial charge in [-0.05, 0) is 12.1 Å². The first-order valence-electron chi connectivity index (χ1n) is 5.40. The third kappa shape index (κ3) is 2.87.